The van der Waals surface area contributed by atoms with E-state index < -0.39 is 35.2 Å². The molecule has 4 rings (SSSR count). The van der Waals surface area contributed by atoms with Gasteiger partial charge in [0, 0.05) is 16.3 Å². The summed E-state index contributed by atoms with van der Waals surface area (Å²) in [5, 5.41) is 0. The molecular weight excluding hydrogens is 412 g/mol. The third kappa shape index (κ3) is 2.38. The molecule has 0 unspecified atom stereocenters. The van der Waals surface area contributed by atoms with E-state index in [-0.39, 0.29) is 0 Å². The largest absolute Gasteiger partial charge is 0.467 e. The number of methoxy groups -OCH3 is 1. The van der Waals surface area contributed by atoms with Crippen molar-refractivity contribution in [3.63, 3.8) is 0 Å². The zero-order chi connectivity index (χ0) is 19.2. The summed E-state index contributed by atoms with van der Waals surface area (Å²) < 4.78 is 5.64. The van der Waals surface area contributed by atoms with E-state index in [1.165, 1.54) is 13.3 Å². The van der Waals surface area contributed by atoms with Gasteiger partial charge in [0.25, 0.3) is 0 Å². The molecule has 2 heterocycles. The average Bonchev–Trinajstić information content (AvgIpc) is 3.20. The second-order valence-corrected chi connectivity index (χ2v) is 7.22. The molecule has 7 heteroatoms. The van der Waals surface area contributed by atoms with E-state index in [2.05, 4.69) is 20.9 Å². The first-order valence-electron chi connectivity index (χ1n) is 8.34. The van der Waals surface area contributed by atoms with Crippen LogP contribution >= 0.6 is 15.9 Å². The summed E-state index contributed by atoms with van der Waals surface area (Å²) in [6.07, 6.45) is 1.41. The monoisotopic (exact) mass is 426 g/mol. The Hall–Kier alpha value is -2.80. The maximum Gasteiger partial charge on any atom is 0.339 e. The van der Waals surface area contributed by atoms with Gasteiger partial charge < -0.3 is 4.74 Å². The molecule has 2 aliphatic rings. The van der Waals surface area contributed by atoms with Crippen molar-refractivity contribution in [2.75, 3.05) is 12.0 Å². The molecule has 1 saturated heterocycles. The molecule has 0 aromatic heterocycles. The van der Waals surface area contributed by atoms with Crippen molar-refractivity contribution in [2.24, 2.45) is 16.8 Å². The lowest BCUT2D eigenvalue weighted by Gasteiger charge is -2.30. The Morgan fingerprint density at radius 1 is 1.07 bits per heavy atom. The van der Waals surface area contributed by atoms with Crippen LogP contribution < -0.4 is 4.90 Å². The normalized spacial score (nSPS) is 26.4. The van der Waals surface area contributed by atoms with Gasteiger partial charge in [-0.05, 0) is 18.2 Å². The number of imide groups is 1. The smallest absolute Gasteiger partial charge is 0.339 e. The quantitative estimate of drug-likeness (QED) is 0.558. The minimum absolute atomic E-state index is 0.391. The van der Waals surface area contributed by atoms with Crippen molar-refractivity contribution in [1.29, 1.82) is 0 Å². The summed E-state index contributed by atoms with van der Waals surface area (Å²) in [6.45, 7) is 0. The zero-order valence-corrected chi connectivity index (χ0v) is 15.9. The van der Waals surface area contributed by atoms with Crippen molar-refractivity contribution in [1.82, 2.24) is 0 Å². The number of para-hydroxylation sites is 1. The minimum Gasteiger partial charge on any atom is -0.467 e. The molecule has 0 aliphatic carbocycles. The average molecular weight is 427 g/mol. The number of fused-ring (bicyclic) bond motifs is 1. The van der Waals surface area contributed by atoms with E-state index in [1.807, 2.05) is 0 Å². The number of esters is 1. The molecule has 2 aliphatic heterocycles. The highest BCUT2D eigenvalue weighted by Gasteiger charge is 2.65. The predicted molar refractivity (Wildman–Crippen MR) is 102 cm³/mol. The van der Waals surface area contributed by atoms with Gasteiger partial charge in [0.1, 0.15) is 0 Å². The van der Waals surface area contributed by atoms with Crippen molar-refractivity contribution in [3.8, 4) is 0 Å². The molecule has 2 amide bonds. The standard InChI is InChI=1S/C20H15BrN2O4/c1-27-19(26)20(14-9-5-6-10-15(14)21)16-13(11-22-20)17(24)23(18(16)25)12-7-3-2-4-8-12/h2-11,13,16H,1H3/t13-,16+,20+/m1/s1. The summed E-state index contributed by atoms with van der Waals surface area (Å²) in [5.74, 6) is -3.33. The van der Waals surface area contributed by atoms with Gasteiger partial charge in [-0.15, -0.1) is 0 Å². The first kappa shape index (κ1) is 17.6. The van der Waals surface area contributed by atoms with Crippen LogP contribution in [0.1, 0.15) is 5.56 Å². The molecule has 1 fully saturated rings. The lowest BCUT2D eigenvalue weighted by molar-refractivity contribution is -0.151. The van der Waals surface area contributed by atoms with Crippen LogP contribution in [0.3, 0.4) is 0 Å². The number of hydrogen-bond acceptors (Lipinski definition) is 5. The van der Waals surface area contributed by atoms with E-state index in [0.29, 0.717) is 15.7 Å². The van der Waals surface area contributed by atoms with Crippen LogP contribution in [-0.2, 0) is 24.7 Å². The second kappa shape index (κ2) is 6.42. The Kier molecular flexibility index (Phi) is 4.19. The van der Waals surface area contributed by atoms with Gasteiger partial charge in [0.15, 0.2) is 5.54 Å². The number of halogens is 1. The fraction of sp³-hybridized carbons (Fsp3) is 0.200. The Balaban J connectivity index is 1.89. The molecule has 27 heavy (non-hydrogen) atoms. The van der Waals surface area contributed by atoms with Crippen LogP contribution in [0.25, 0.3) is 0 Å². The third-order valence-electron chi connectivity index (χ3n) is 5.04. The number of ether oxygens (including phenoxy) is 1. The Bertz CT molecular complexity index is 975. The fourth-order valence-corrected chi connectivity index (χ4v) is 4.43. The van der Waals surface area contributed by atoms with Gasteiger partial charge in [-0.25, -0.2) is 9.69 Å². The lowest BCUT2D eigenvalue weighted by Crippen LogP contribution is -2.45. The van der Waals surface area contributed by atoms with Crippen molar-refractivity contribution >= 4 is 45.6 Å². The predicted octanol–water partition coefficient (Wildman–Crippen LogP) is 2.71. The summed E-state index contributed by atoms with van der Waals surface area (Å²) >= 11 is 3.44. The number of benzene rings is 2. The number of amides is 2. The van der Waals surface area contributed by atoms with Gasteiger partial charge in [0.05, 0.1) is 24.6 Å². The molecule has 0 N–H and O–H groups in total. The number of hydrogen-bond donors (Lipinski definition) is 0. The van der Waals surface area contributed by atoms with Crippen LogP contribution in [0.15, 0.2) is 64.1 Å². The Labute approximate surface area is 164 Å². The highest BCUT2D eigenvalue weighted by atomic mass is 79.9. The molecule has 0 spiro atoms. The highest BCUT2D eigenvalue weighted by molar-refractivity contribution is 9.10. The molecule has 2 aromatic carbocycles. The molecule has 0 radical (unpaired) electrons. The summed E-state index contributed by atoms with van der Waals surface area (Å²) in [6, 6.07) is 15.7. The molecule has 136 valence electrons. The van der Waals surface area contributed by atoms with Crippen LogP contribution in [0.4, 0.5) is 5.69 Å². The van der Waals surface area contributed by atoms with E-state index >= 15 is 0 Å². The first-order chi connectivity index (χ1) is 13.0. The van der Waals surface area contributed by atoms with Gasteiger partial charge >= 0.3 is 5.97 Å². The molecule has 2 aromatic rings. The summed E-state index contributed by atoms with van der Waals surface area (Å²) in [5.41, 5.74) is -0.631. The second-order valence-electron chi connectivity index (χ2n) is 6.37. The number of carbonyl (C=O) groups excluding carboxylic acids is 3. The maximum absolute atomic E-state index is 13.3. The van der Waals surface area contributed by atoms with Crippen LogP contribution in [0.5, 0.6) is 0 Å². The Morgan fingerprint density at radius 2 is 1.74 bits per heavy atom. The third-order valence-corrected chi connectivity index (χ3v) is 5.73. The van der Waals surface area contributed by atoms with Crippen molar-refractivity contribution in [2.45, 2.75) is 5.54 Å². The number of aliphatic imine (C=N–C) groups is 1. The number of nitrogens with zero attached hydrogens (tertiary/aromatic N) is 2. The lowest BCUT2D eigenvalue weighted by atomic mass is 9.76. The molecule has 0 saturated carbocycles. The van der Waals surface area contributed by atoms with Crippen molar-refractivity contribution < 1.29 is 19.1 Å². The van der Waals surface area contributed by atoms with E-state index in [4.69, 9.17) is 4.74 Å². The maximum atomic E-state index is 13.3. The van der Waals surface area contributed by atoms with E-state index in [0.717, 1.165) is 4.90 Å². The van der Waals surface area contributed by atoms with Gasteiger partial charge in [-0.3, -0.25) is 14.6 Å². The van der Waals surface area contributed by atoms with Crippen LogP contribution in [-0.4, -0.2) is 31.1 Å². The summed E-state index contributed by atoms with van der Waals surface area (Å²) in [4.78, 5) is 44.7. The first-order valence-corrected chi connectivity index (χ1v) is 9.13. The SMILES string of the molecule is COC(=O)[C@@]1(c2ccccc2Br)N=C[C@H]2C(=O)N(c3ccccc3)C(=O)[C@H]21. The van der Waals surface area contributed by atoms with Crippen LogP contribution in [0, 0.1) is 11.8 Å². The zero-order valence-electron chi connectivity index (χ0n) is 14.3. The van der Waals surface area contributed by atoms with Gasteiger partial charge in [0.2, 0.25) is 11.8 Å². The molecule has 0 bridgehead atoms. The number of carbonyl (C=O) groups is 3. The molecule has 6 nitrogen and oxygen atoms in total. The highest BCUT2D eigenvalue weighted by Crippen LogP contribution is 2.50. The Morgan fingerprint density at radius 3 is 2.41 bits per heavy atom. The van der Waals surface area contributed by atoms with Gasteiger partial charge in [-0.1, -0.05) is 52.3 Å². The van der Waals surface area contributed by atoms with E-state index in [9.17, 15) is 14.4 Å². The topological polar surface area (TPSA) is 76.0 Å². The van der Waals surface area contributed by atoms with Gasteiger partial charge in [-0.2, -0.15) is 0 Å². The van der Waals surface area contributed by atoms with E-state index in [1.54, 1.807) is 54.6 Å². The van der Waals surface area contributed by atoms with Crippen molar-refractivity contribution in [3.05, 3.63) is 64.6 Å². The summed E-state index contributed by atoms with van der Waals surface area (Å²) in [7, 11) is 1.25. The minimum atomic E-state index is -1.60. The molecule has 3 atom stereocenters. The number of anilines is 1. The van der Waals surface area contributed by atoms with Crippen LogP contribution in [0.2, 0.25) is 0 Å². The molecular formula is C20H15BrN2O4. The number of rotatable bonds is 3. The fourth-order valence-electron chi connectivity index (χ4n) is 3.84.